The molecule has 0 saturated carbocycles. The Morgan fingerprint density at radius 2 is 2.00 bits per heavy atom. The van der Waals surface area contributed by atoms with Crippen LogP contribution in [-0.2, 0) is 19.4 Å². The molecule has 0 amide bonds. The lowest BCUT2D eigenvalue weighted by molar-refractivity contribution is 0.136. The van der Waals surface area contributed by atoms with Crippen LogP contribution >= 0.6 is 0 Å². The number of hydrogen-bond acceptors (Lipinski definition) is 5. The number of piperidine rings is 1. The van der Waals surface area contributed by atoms with E-state index in [-0.39, 0.29) is 11.6 Å². The lowest BCUT2D eigenvalue weighted by Crippen LogP contribution is -2.33. The molecular formula is C22H30N6O. The molecule has 0 spiro atoms. The third-order valence-corrected chi connectivity index (χ3v) is 5.88. The number of aromatic amines is 1. The second-order valence-electron chi connectivity index (χ2n) is 7.98. The highest BCUT2D eigenvalue weighted by atomic mass is 16.1. The molecule has 1 N–H and O–H groups in total. The first-order valence-corrected chi connectivity index (χ1v) is 10.8. The van der Waals surface area contributed by atoms with Gasteiger partial charge in [-0.25, -0.2) is 19.5 Å². The zero-order chi connectivity index (χ0) is 20.4. The maximum atomic E-state index is 12.8. The highest BCUT2D eigenvalue weighted by Gasteiger charge is 2.26. The minimum atomic E-state index is 0.0172. The molecule has 154 valence electrons. The molecule has 1 aliphatic heterocycles. The SMILES string of the molecule is CCCc1ncc(CN2CCCCC2c2cc3nc(C)c(CC)c(=O)n3[nH]2)cn1. The summed E-state index contributed by atoms with van der Waals surface area (Å²) in [6.07, 6.45) is 10.0. The summed E-state index contributed by atoms with van der Waals surface area (Å²) in [4.78, 5) is 28.9. The fourth-order valence-corrected chi connectivity index (χ4v) is 4.35. The van der Waals surface area contributed by atoms with Crippen molar-refractivity contribution in [3.05, 3.63) is 57.2 Å². The van der Waals surface area contributed by atoms with Crippen molar-refractivity contribution in [1.29, 1.82) is 0 Å². The lowest BCUT2D eigenvalue weighted by atomic mass is 9.99. The van der Waals surface area contributed by atoms with Crippen LogP contribution in [-0.4, -0.2) is 36.0 Å². The standard InChI is InChI=1S/C22H30N6O/c1-4-8-20-23-12-16(13-24-20)14-27-10-7-6-9-19(27)18-11-21-25-15(3)17(5-2)22(29)28(21)26-18/h11-13,19,26H,4-10,14H2,1-3H3. The molecule has 0 aromatic carbocycles. The van der Waals surface area contributed by atoms with Crippen LogP contribution in [0.25, 0.3) is 5.65 Å². The molecule has 29 heavy (non-hydrogen) atoms. The molecule has 1 atom stereocenters. The van der Waals surface area contributed by atoms with Crippen LogP contribution in [0.4, 0.5) is 0 Å². The van der Waals surface area contributed by atoms with Crippen LogP contribution in [0.3, 0.4) is 0 Å². The number of hydrogen-bond donors (Lipinski definition) is 1. The quantitative estimate of drug-likeness (QED) is 0.693. The fourth-order valence-electron chi connectivity index (χ4n) is 4.35. The predicted molar refractivity (Wildman–Crippen MR) is 113 cm³/mol. The molecule has 3 aromatic rings. The number of likely N-dealkylation sites (tertiary alicyclic amines) is 1. The van der Waals surface area contributed by atoms with E-state index in [0.717, 1.165) is 60.7 Å². The molecule has 7 nitrogen and oxygen atoms in total. The largest absolute Gasteiger partial charge is 0.292 e. The molecule has 1 unspecified atom stereocenters. The van der Waals surface area contributed by atoms with Crippen molar-refractivity contribution >= 4 is 5.65 Å². The van der Waals surface area contributed by atoms with Gasteiger partial charge < -0.3 is 0 Å². The van der Waals surface area contributed by atoms with E-state index in [1.807, 2.05) is 32.3 Å². The van der Waals surface area contributed by atoms with Gasteiger partial charge in [-0.2, -0.15) is 0 Å². The van der Waals surface area contributed by atoms with Gasteiger partial charge >= 0.3 is 0 Å². The first-order valence-electron chi connectivity index (χ1n) is 10.8. The van der Waals surface area contributed by atoms with Crippen molar-refractivity contribution in [2.24, 2.45) is 0 Å². The van der Waals surface area contributed by atoms with Gasteiger partial charge in [0.25, 0.3) is 5.56 Å². The summed E-state index contributed by atoms with van der Waals surface area (Å²) in [5, 5.41) is 3.35. The van der Waals surface area contributed by atoms with Crippen molar-refractivity contribution in [3.63, 3.8) is 0 Å². The van der Waals surface area contributed by atoms with Gasteiger partial charge in [-0.05, 0) is 39.2 Å². The normalized spacial score (nSPS) is 17.8. The van der Waals surface area contributed by atoms with Crippen LogP contribution < -0.4 is 5.56 Å². The van der Waals surface area contributed by atoms with E-state index in [4.69, 9.17) is 0 Å². The summed E-state index contributed by atoms with van der Waals surface area (Å²) in [6, 6.07) is 2.28. The summed E-state index contributed by atoms with van der Waals surface area (Å²) >= 11 is 0. The fraction of sp³-hybridized carbons (Fsp3) is 0.545. The summed E-state index contributed by atoms with van der Waals surface area (Å²) < 4.78 is 1.61. The van der Waals surface area contributed by atoms with Crippen LogP contribution in [0.15, 0.2) is 23.3 Å². The highest BCUT2D eigenvalue weighted by Crippen LogP contribution is 2.31. The van der Waals surface area contributed by atoms with Crippen molar-refractivity contribution in [2.45, 2.75) is 71.9 Å². The molecule has 7 heteroatoms. The molecular weight excluding hydrogens is 364 g/mol. The predicted octanol–water partition coefficient (Wildman–Crippen LogP) is 3.36. The van der Waals surface area contributed by atoms with Crippen molar-refractivity contribution in [3.8, 4) is 0 Å². The maximum absolute atomic E-state index is 12.8. The van der Waals surface area contributed by atoms with E-state index in [0.29, 0.717) is 12.1 Å². The Labute approximate surface area is 171 Å². The van der Waals surface area contributed by atoms with Gasteiger partial charge in [0.05, 0.1) is 11.7 Å². The first-order chi connectivity index (χ1) is 14.1. The topological polar surface area (TPSA) is 79.2 Å². The zero-order valence-corrected chi connectivity index (χ0v) is 17.6. The monoisotopic (exact) mass is 394 g/mol. The number of aromatic nitrogens is 5. The number of H-pyrrole nitrogens is 1. The van der Waals surface area contributed by atoms with Gasteiger partial charge in [0.1, 0.15) is 5.82 Å². The van der Waals surface area contributed by atoms with Gasteiger partial charge in [-0.15, -0.1) is 0 Å². The Bertz CT molecular complexity index is 1040. The van der Waals surface area contributed by atoms with Crippen LogP contribution in [0.5, 0.6) is 0 Å². The number of fused-ring (bicyclic) bond motifs is 1. The number of aryl methyl sites for hydroxylation is 2. The Hall–Kier alpha value is -2.54. The second-order valence-corrected chi connectivity index (χ2v) is 7.98. The number of rotatable bonds is 6. The number of nitrogens with one attached hydrogen (secondary N) is 1. The molecule has 3 aromatic heterocycles. The van der Waals surface area contributed by atoms with Crippen LogP contribution in [0.1, 0.15) is 73.9 Å². The van der Waals surface area contributed by atoms with E-state index in [2.05, 4.69) is 31.9 Å². The van der Waals surface area contributed by atoms with Gasteiger partial charge in [0, 0.05) is 48.2 Å². The van der Waals surface area contributed by atoms with Gasteiger partial charge in [-0.1, -0.05) is 20.3 Å². The Balaban J connectivity index is 1.62. The van der Waals surface area contributed by atoms with E-state index in [1.54, 1.807) is 4.52 Å². The summed E-state index contributed by atoms with van der Waals surface area (Å²) in [6.45, 7) is 7.90. The molecule has 4 rings (SSSR count). The van der Waals surface area contributed by atoms with Crippen molar-refractivity contribution < 1.29 is 0 Å². The average molecular weight is 395 g/mol. The third-order valence-electron chi connectivity index (χ3n) is 5.88. The Morgan fingerprint density at radius 1 is 1.21 bits per heavy atom. The van der Waals surface area contributed by atoms with Crippen LogP contribution in [0.2, 0.25) is 0 Å². The summed E-state index contributed by atoms with van der Waals surface area (Å²) in [5.41, 5.74) is 4.52. The Kier molecular flexibility index (Phi) is 5.76. The zero-order valence-electron chi connectivity index (χ0n) is 17.6. The van der Waals surface area contributed by atoms with Crippen molar-refractivity contribution in [1.82, 2.24) is 29.5 Å². The lowest BCUT2D eigenvalue weighted by Gasteiger charge is -2.34. The van der Waals surface area contributed by atoms with E-state index in [1.165, 1.54) is 12.8 Å². The maximum Gasteiger partial charge on any atom is 0.276 e. The molecule has 1 fully saturated rings. The minimum Gasteiger partial charge on any atom is -0.292 e. The molecule has 1 saturated heterocycles. The van der Waals surface area contributed by atoms with Gasteiger partial charge in [-0.3, -0.25) is 14.8 Å². The summed E-state index contributed by atoms with van der Waals surface area (Å²) in [7, 11) is 0. The molecule has 1 aliphatic rings. The molecule has 4 heterocycles. The van der Waals surface area contributed by atoms with Crippen LogP contribution in [0, 0.1) is 6.92 Å². The molecule has 0 radical (unpaired) electrons. The van der Waals surface area contributed by atoms with Gasteiger partial charge in [0.15, 0.2) is 5.65 Å². The molecule has 0 bridgehead atoms. The second kappa shape index (κ2) is 8.45. The Morgan fingerprint density at radius 3 is 2.72 bits per heavy atom. The van der Waals surface area contributed by atoms with E-state index in [9.17, 15) is 4.79 Å². The van der Waals surface area contributed by atoms with E-state index >= 15 is 0 Å². The number of nitrogens with zero attached hydrogens (tertiary/aromatic N) is 5. The highest BCUT2D eigenvalue weighted by molar-refractivity contribution is 5.42. The van der Waals surface area contributed by atoms with Gasteiger partial charge in [0.2, 0.25) is 0 Å². The molecule has 0 aliphatic carbocycles. The average Bonchev–Trinajstić information content (AvgIpc) is 3.14. The summed E-state index contributed by atoms with van der Waals surface area (Å²) in [5.74, 6) is 0.912. The first kappa shape index (κ1) is 19.8. The van der Waals surface area contributed by atoms with E-state index < -0.39 is 0 Å². The minimum absolute atomic E-state index is 0.0172. The smallest absolute Gasteiger partial charge is 0.276 e. The third kappa shape index (κ3) is 3.96. The van der Waals surface area contributed by atoms with Crippen molar-refractivity contribution in [2.75, 3.05) is 6.54 Å².